The lowest BCUT2D eigenvalue weighted by Gasteiger charge is -2.11. The van der Waals surface area contributed by atoms with Gasteiger partial charge in [0.25, 0.3) is 0 Å². The van der Waals surface area contributed by atoms with E-state index < -0.39 is 11.6 Å². The number of nitrogens with one attached hydrogen (secondary N) is 1. The van der Waals surface area contributed by atoms with Crippen LogP contribution >= 0.6 is 0 Å². The van der Waals surface area contributed by atoms with E-state index in [1.54, 1.807) is 0 Å². The number of hydrogen-bond acceptors (Lipinski definition) is 2. The van der Waals surface area contributed by atoms with Gasteiger partial charge < -0.3 is 5.32 Å². The standard InChI is InChI=1S/C11H11F2NO/c12-10-3-8(6-15)9(4-11(10)13)7-1-2-14-5-7/h3-4,6-7,14H,1-2,5H2. The van der Waals surface area contributed by atoms with Gasteiger partial charge in [0.2, 0.25) is 0 Å². The summed E-state index contributed by atoms with van der Waals surface area (Å²) in [6.45, 7) is 1.56. The van der Waals surface area contributed by atoms with Crippen molar-refractivity contribution in [3.05, 3.63) is 34.9 Å². The minimum absolute atomic E-state index is 0.111. The third-order valence-electron chi connectivity index (χ3n) is 2.75. The van der Waals surface area contributed by atoms with Crippen LogP contribution in [0, 0.1) is 11.6 Å². The van der Waals surface area contributed by atoms with Gasteiger partial charge in [-0.15, -0.1) is 0 Å². The summed E-state index contributed by atoms with van der Waals surface area (Å²) in [5.41, 5.74) is 0.858. The van der Waals surface area contributed by atoms with Gasteiger partial charge >= 0.3 is 0 Å². The van der Waals surface area contributed by atoms with E-state index in [1.807, 2.05) is 0 Å². The molecule has 4 heteroatoms. The predicted octanol–water partition coefficient (Wildman–Crippen LogP) is 1.85. The summed E-state index contributed by atoms with van der Waals surface area (Å²) < 4.78 is 25.9. The zero-order chi connectivity index (χ0) is 10.8. The molecule has 2 nitrogen and oxygen atoms in total. The van der Waals surface area contributed by atoms with E-state index in [-0.39, 0.29) is 11.5 Å². The molecular weight excluding hydrogens is 200 g/mol. The zero-order valence-corrected chi connectivity index (χ0v) is 8.09. The first-order chi connectivity index (χ1) is 7.22. The average molecular weight is 211 g/mol. The van der Waals surface area contributed by atoms with E-state index in [0.717, 1.165) is 25.1 Å². The van der Waals surface area contributed by atoms with Crippen LogP contribution < -0.4 is 5.32 Å². The quantitative estimate of drug-likeness (QED) is 0.756. The van der Waals surface area contributed by atoms with Crippen molar-refractivity contribution in [3.63, 3.8) is 0 Å². The molecule has 0 aromatic heterocycles. The molecule has 1 aromatic rings. The monoisotopic (exact) mass is 211 g/mol. The maximum absolute atomic E-state index is 13.0. The van der Waals surface area contributed by atoms with Crippen LogP contribution in [0.3, 0.4) is 0 Å². The number of carbonyl (C=O) groups is 1. The molecular formula is C11H11F2NO. The molecule has 15 heavy (non-hydrogen) atoms. The molecule has 0 bridgehead atoms. The third kappa shape index (κ3) is 1.90. The Morgan fingerprint density at radius 1 is 1.33 bits per heavy atom. The second-order valence-electron chi connectivity index (χ2n) is 3.70. The van der Waals surface area contributed by atoms with Gasteiger partial charge in [0, 0.05) is 12.1 Å². The average Bonchev–Trinajstić information content (AvgIpc) is 2.74. The summed E-state index contributed by atoms with van der Waals surface area (Å²) >= 11 is 0. The van der Waals surface area contributed by atoms with Gasteiger partial charge in [-0.1, -0.05) is 0 Å². The molecule has 2 rings (SSSR count). The second kappa shape index (κ2) is 4.06. The lowest BCUT2D eigenvalue weighted by molar-refractivity contribution is 0.112. The van der Waals surface area contributed by atoms with Crippen molar-refractivity contribution in [2.24, 2.45) is 0 Å². The van der Waals surface area contributed by atoms with Gasteiger partial charge in [-0.2, -0.15) is 0 Å². The Morgan fingerprint density at radius 3 is 2.67 bits per heavy atom. The molecule has 0 saturated carbocycles. The van der Waals surface area contributed by atoms with Crippen LogP contribution in [0.25, 0.3) is 0 Å². The van der Waals surface area contributed by atoms with E-state index >= 15 is 0 Å². The number of hydrogen-bond donors (Lipinski definition) is 1. The Balaban J connectivity index is 2.43. The molecule has 0 amide bonds. The van der Waals surface area contributed by atoms with Crippen molar-refractivity contribution < 1.29 is 13.6 Å². The van der Waals surface area contributed by atoms with Crippen LogP contribution in [-0.2, 0) is 0 Å². The molecule has 80 valence electrons. The van der Waals surface area contributed by atoms with Gasteiger partial charge in [-0.3, -0.25) is 4.79 Å². The third-order valence-corrected chi connectivity index (χ3v) is 2.75. The Labute approximate surface area is 86.3 Å². The number of aldehydes is 1. The van der Waals surface area contributed by atoms with Crippen molar-refractivity contribution in [1.29, 1.82) is 0 Å². The van der Waals surface area contributed by atoms with Gasteiger partial charge in [0.15, 0.2) is 11.6 Å². The summed E-state index contributed by atoms with van der Waals surface area (Å²) in [6, 6.07) is 2.10. The molecule has 0 spiro atoms. The van der Waals surface area contributed by atoms with Crippen LogP contribution in [-0.4, -0.2) is 19.4 Å². The number of rotatable bonds is 2. The van der Waals surface area contributed by atoms with Crippen molar-refractivity contribution >= 4 is 6.29 Å². The fraction of sp³-hybridized carbons (Fsp3) is 0.364. The molecule has 1 atom stereocenters. The van der Waals surface area contributed by atoms with E-state index in [0.29, 0.717) is 18.4 Å². The van der Waals surface area contributed by atoms with Gasteiger partial charge in [0.05, 0.1) is 0 Å². The molecule has 1 aliphatic heterocycles. The van der Waals surface area contributed by atoms with E-state index in [2.05, 4.69) is 5.32 Å². The highest BCUT2D eigenvalue weighted by Crippen LogP contribution is 2.26. The SMILES string of the molecule is O=Cc1cc(F)c(F)cc1C1CCNC1. The molecule has 0 radical (unpaired) electrons. The van der Waals surface area contributed by atoms with Crippen LogP contribution in [0.5, 0.6) is 0 Å². The predicted molar refractivity (Wildman–Crippen MR) is 52.0 cm³/mol. The topological polar surface area (TPSA) is 29.1 Å². The Bertz CT molecular complexity index is 386. The van der Waals surface area contributed by atoms with Crippen LogP contribution in [0.4, 0.5) is 8.78 Å². The minimum Gasteiger partial charge on any atom is -0.316 e. The van der Waals surface area contributed by atoms with Crippen molar-refractivity contribution in [1.82, 2.24) is 5.32 Å². The molecule has 1 heterocycles. The zero-order valence-electron chi connectivity index (χ0n) is 8.09. The van der Waals surface area contributed by atoms with E-state index in [4.69, 9.17) is 0 Å². The Kier molecular flexibility index (Phi) is 2.77. The fourth-order valence-electron chi connectivity index (χ4n) is 1.95. The van der Waals surface area contributed by atoms with Crippen LogP contribution in [0.1, 0.15) is 28.3 Å². The van der Waals surface area contributed by atoms with Gasteiger partial charge in [0.1, 0.15) is 6.29 Å². The second-order valence-corrected chi connectivity index (χ2v) is 3.70. The van der Waals surface area contributed by atoms with E-state index in [1.165, 1.54) is 0 Å². The van der Waals surface area contributed by atoms with Crippen molar-refractivity contribution in [2.75, 3.05) is 13.1 Å². The summed E-state index contributed by atoms with van der Waals surface area (Å²) in [4.78, 5) is 10.7. The Hall–Kier alpha value is -1.29. The summed E-state index contributed by atoms with van der Waals surface area (Å²) in [6.07, 6.45) is 1.43. The minimum atomic E-state index is -0.966. The lowest BCUT2D eigenvalue weighted by atomic mass is 9.94. The van der Waals surface area contributed by atoms with Crippen LogP contribution in [0.2, 0.25) is 0 Å². The molecule has 0 aliphatic carbocycles. The van der Waals surface area contributed by atoms with Gasteiger partial charge in [-0.25, -0.2) is 8.78 Å². The largest absolute Gasteiger partial charge is 0.316 e. The van der Waals surface area contributed by atoms with E-state index in [9.17, 15) is 13.6 Å². The Morgan fingerprint density at radius 2 is 2.07 bits per heavy atom. The molecule has 1 saturated heterocycles. The van der Waals surface area contributed by atoms with Gasteiger partial charge in [-0.05, 0) is 36.6 Å². The maximum atomic E-state index is 13.0. The summed E-state index contributed by atoms with van der Waals surface area (Å²) in [5.74, 6) is -1.74. The first-order valence-corrected chi connectivity index (χ1v) is 4.87. The van der Waals surface area contributed by atoms with Crippen molar-refractivity contribution in [2.45, 2.75) is 12.3 Å². The number of carbonyl (C=O) groups excluding carboxylic acids is 1. The molecule has 1 N–H and O–H groups in total. The summed E-state index contributed by atoms with van der Waals surface area (Å²) in [7, 11) is 0. The highest BCUT2D eigenvalue weighted by molar-refractivity contribution is 5.77. The van der Waals surface area contributed by atoms with Crippen molar-refractivity contribution in [3.8, 4) is 0 Å². The highest BCUT2D eigenvalue weighted by Gasteiger charge is 2.21. The summed E-state index contributed by atoms with van der Waals surface area (Å²) in [5, 5.41) is 3.12. The normalized spacial score (nSPS) is 20.5. The molecule has 1 aromatic carbocycles. The number of benzene rings is 1. The first-order valence-electron chi connectivity index (χ1n) is 4.87. The number of halogens is 2. The highest BCUT2D eigenvalue weighted by atomic mass is 19.2. The smallest absolute Gasteiger partial charge is 0.159 e. The molecule has 1 aliphatic rings. The maximum Gasteiger partial charge on any atom is 0.159 e. The first kappa shape index (κ1) is 10.2. The molecule has 1 unspecified atom stereocenters. The van der Waals surface area contributed by atoms with Crippen LogP contribution in [0.15, 0.2) is 12.1 Å². The molecule has 1 fully saturated rings. The lowest BCUT2D eigenvalue weighted by Crippen LogP contribution is -2.10. The fourth-order valence-corrected chi connectivity index (χ4v) is 1.95.